The zero-order chi connectivity index (χ0) is 28.9. The number of hydrogen-bond donors (Lipinski definition) is 1. The smallest absolute Gasteiger partial charge is 0.407 e. The number of nitrogens with one attached hydrogen (secondary N) is 1. The fourth-order valence-corrected chi connectivity index (χ4v) is 5.27. The Morgan fingerprint density at radius 3 is 2.50 bits per heavy atom. The number of aromatic nitrogens is 3. The van der Waals surface area contributed by atoms with E-state index in [1.807, 2.05) is 32.9 Å². The van der Waals surface area contributed by atoms with Crippen molar-refractivity contribution >= 4 is 12.1 Å². The fraction of sp³-hybridized carbons (Fsp3) is 0.452. The van der Waals surface area contributed by atoms with Gasteiger partial charge in [-0.1, -0.05) is 29.8 Å². The summed E-state index contributed by atoms with van der Waals surface area (Å²) in [6.07, 6.45) is 5.53. The molecular formula is C31H38N4O5. The van der Waals surface area contributed by atoms with E-state index in [9.17, 15) is 14.4 Å². The van der Waals surface area contributed by atoms with Gasteiger partial charge in [0.1, 0.15) is 11.2 Å². The number of ether oxygens (including phenoxy) is 2. The van der Waals surface area contributed by atoms with Gasteiger partial charge in [-0.3, -0.25) is 9.78 Å². The van der Waals surface area contributed by atoms with Crippen molar-refractivity contribution in [3.8, 4) is 11.3 Å². The molecule has 0 radical (unpaired) electrons. The van der Waals surface area contributed by atoms with Crippen molar-refractivity contribution in [2.24, 2.45) is 0 Å². The monoisotopic (exact) mass is 546 g/mol. The number of benzene rings is 1. The highest BCUT2D eigenvalue weighted by atomic mass is 16.6. The lowest BCUT2D eigenvalue weighted by Gasteiger charge is -2.41. The van der Waals surface area contributed by atoms with Crippen LogP contribution < -0.4 is 10.9 Å². The first-order valence-corrected chi connectivity index (χ1v) is 13.8. The first kappa shape index (κ1) is 29.0. The molecular weight excluding hydrogens is 508 g/mol. The van der Waals surface area contributed by atoms with Crippen molar-refractivity contribution in [1.29, 1.82) is 0 Å². The third kappa shape index (κ3) is 6.76. The Morgan fingerprint density at radius 1 is 1.12 bits per heavy atom. The topological polar surface area (TPSA) is 112 Å². The predicted molar refractivity (Wildman–Crippen MR) is 152 cm³/mol. The minimum atomic E-state index is -0.666. The van der Waals surface area contributed by atoms with Gasteiger partial charge in [-0.2, -0.15) is 5.10 Å². The number of amides is 1. The molecule has 1 saturated carbocycles. The van der Waals surface area contributed by atoms with Gasteiger partial charge < -0.3 is 14.8 Å². The van der Waals surface area contributed by atoms with E-state index in [1.165, 1.54) is 10.7 Å². The third-order valence-electron chi connectivity index (χ3n) is 7.25. The van der Waals surface area contributed by atoms with Gasteiger partial charge in [0.25, 0.3) is 5.56 Å². The van der Waals surface area contributed by atoms with Crippen molar-refractivity contribution in [2.45, 2.75) is 77.4 Å². The highest BCUT2D eigenvalue weighted by Crippen LogP contribution is 2.43. The first-order valence-electron chi connectivity index (χ1n) is 13.8. The second-order valence-corrected chi connectivity index (χ2v) is 11.4. The lowest BCUT2D eigenvalue weighted by molar-refractivity contribution is 0.0502. The van der Waals surface area contributed by atoms with E-state index in [0.29, 0.717) is 43.5 Å². The molecule has 0 spiro atoms. The van der Waals surface area contributed by atoms with Gasteiger partial charge in [-0.15, -0.1) is 0 Å². The number of alkyl carbamates (subject to hydrolysis) is 1. The molecule has 3 aromatic rings. The largest absolute Gasteiger partial charge is 0.462 e. The van der Waals surface area contributed by atoms with Crippen LogP contribution in [0.25, 0.3) is 11.3 Å². The molecule has 1 fully saturated rings. The summed E-state index contributed by atoms with van der Waals surface area (Å²) in [4.78, 5) is 42.9. The Kier molecular flexibility index (Phi) is 8.71. The summed E-state index contributed by atoms with van der Waals surface area (Å²) >= 11 is 0. The van der Waals surface area contributed by atoms with Crippen LogP contribution in [0.3, 0.4) is 0 Å². The van der Waals surface area contributed by atoms with E-state index in [0.717, 1.165) is 11.1 Å². The maximum Gasteiger partial charge on any atom is 0.407 e. The summed E-state index contributed by atoms with van der Waals surface area (Å²) in [7, 11) is 0. The van der Waals surface area contributed by atoms with E-state index in [-0.39, 0.29) is 23.6 Å². The van der Waals surface area contributed by atoms with Crippen LogP contribution in [0, 0.1) is 6.92 Å². The molecule has 1 N–H and O–H groups in total. The van der Waals surface area contributed by atoms with Gasteiger partial charge in [0, 0.05) is 29.9 Å². The minimum Gasteiger partial charge on any atom is -0.462 e. The zero-order valence-electron chi connectivity index (χ0n) is 23.9. The number of carbonyl (C=O) groups is 2. The van der Waals surface area contributed by atoms with Crippen LogP contribution in [-0.2, 0) is 14.9 Å². The number of pyridine rings is 1. The lowest BCUT2D eigenvalue weighted by atomic mass is 9.68. The molecule has 4 rings (SSSR count). The molecule has 2 heterocycles. The molecule has 0 aliphatic heterocycles. The number of aryl methyl sites for hydroxylation is 1. The summed E-state index contributed by atoms with van der Waals surface area (Å²) in [6, 6.07) is 13.2. The molecule has 0 atom stereocenters. The maximum absolute atomic E-state index is 13.5. The fourth-order valence-electron chi connectivity index (χ4n) is 5.27. The predicted octanol–water partition coefficient (Wildman–Crippen LogP) is 5.37. The molecule has 9 heteroatoms. The average Bonchev–Trinajstić information content (AvgIpc) is 2.92. The summed E-state index contributed by atoms with van der Waals surface area (Å²) in [5, 5.41) is 7.67. The van der Waals surface area contributed by atoms with Crippen LogP contribution in [0.2, 0.25) is 0 Å². The molecule has 1 amide bonds. The Morgan fingerprint density at radius 2 is 1.88 bits per heavy atom. The van der Waals surface area contributed by atoms with Crippen molar-refractivity contribution in [3.05, 3.63) is 81.9 Å². The van der Waals surface area contributed by atoms with E-state index in [4.69, 9.17) is 9.47 Å². The minimum absolute atomic E-state index is 0.0437. The van der Waals surface area contributed by atoms with Crippen molar-refractivity contribution < 1.29 is 19.1 Å². The van der Waals surface area contributed by atoms with Crippen LogP contribution in [-0.4, -0.2) is 45.6 Å². The normalized spacial score (nSPS) is 19.1. The van der Waals surface area contributed by atoms with Crippen molar-refractivity contribution in [3.63, 3.8) is 0 Å². The van der Waals surface area contributed by atoms with Crippen molar-refractivity contribution in [2.75, 3.05) is 13.2 Å². The first-order chi connectivity index (χ1) is 19.0. The van der Waals surface area contributed by atoms with Crippen LogP contribution in [0.15, 0.2) is 59.7 Å². The maximum atomic E-state index is 13.5. The van der Waals surface area contributed by atoms with Gasteiger partial charge in [-0.25, -0.2) is 14.3 Å². The molecule has 212 valence electrons. The second-order valence-electron chi connectivity index (χ2n) is 11.4. The Bertz CT molecular complexity index is 1400. The Labute approximate surface area is 234 Å². The Balaban J connectivity index is 1.65. The van der Waals surface area contributed by atoms with E-state index < -0.39 is 23.2 Å². The van der Waals surface area contributed by atoms with Crippen molar-refractivity contribution in [1.82, 2.24) is 20.1 Å². The van der Waals surface area contributed by atoms with Gasteiger partial charge in [-0.05, 0) is 84.1 Å². The van der Waals surface area contributed by atoms with Gasteiger partial charge in [0.05, 0.1) is 18.3 Å². The van der Waals surface area contributed by atoms with Crippen LogP contribution in [0.5, 0.6) is 0 Å². The molecule has 1 aromatic carbocycles. The van der Waals surface area contributed by atoms with Crippen LogP contribution >= 0.6 is 0 Å². The van der Waals surface area contributed by atoms with E-state index in [1.54, 1.807) is 25.4 Å². The lowest BCUT2D eigenvalue weighted by Crippen LogP contribution is -2.46. The number of nitrogens with zero attached hydrogens (tertiary/aromatic N) is 3. The highest BCUT2D eigenvalue weighted by molar-refractivity contribution is 5.90. The molecule has 2 aromatic heterocycles. The summed E-state index contributed by atoms with van der Waals surface area (Å²) in [5.41, 5.74) is 2.01. The van der Waals surface area contributed by atoms with Gasteiger partial charge in [0.2, 0.25) is 0 Å². The summed E-state index contributed by atoms with van der Waals surface area (Å²) in [6.45, 7) is 9.83. The van der Waals surface area contributed by atoms with Gasteiger partial charge >= 0.3 is 12.1 Å². The second kappa shape index (κ2) is 12.0. The standard InChI is InChI=1S/C31H38N4O5/c1-6-39-28(37)25-18-26(22-10-8-16-32-19-22)34-35(27(25)36)24-12-14-31(15-13-24,23-11-7-9-21(2)17-23)20-33-29(38)40-30(3,4)5/h7-11,16-19,24H,6,12-15,20H2,1-5H3,(H,33,38). The molecule has 40 heavy (non-hydrogen) atoms. The molecule has 9 nitrogen and oxygen atoms in total. The summed E-state index contributed by atoms with van der Waals surface area (Å²) < 4.78 is 12.1. The molecule has 1 aliphatic rings. The molecule has 0 bridgehead atoms. The molecule has 0 saturated heterocycles. The van der Waals surface area contributed by atoms with Crippen LogP contribution in [0.4, 0.5) is 4.79 Å². The van der Waals surface area contributed by atoms with Gasteiger partial charge in [0.15, 0.2) is 0 Å². The number of esters is 1. The quantitative estimate of drug-likeness (QED) is 0.397. The van der Waals surface area contributed by atoms with Crippen LogP contribution in [0.1, 0.15) is 80.9 Å². The SMILES string of the molecule is CCOC(=O)c1cc(-c2cccnc2)nn(C2CCC(CNC(=O)OC(C)(C)C)(c3cccc(C)c3)CC2)c1=O. The number of rotatable bonds is 7. The number of hydrogen-bond acceptors (Lipinski definition) is 7. The molecule has 1 aliphatic carbocycles. The Hall–Kier alpha value is -4.01. The number of carbonyl (C=O) groups excluding carboxylic acids is 2. The van der Waals surface area contributed by atoms with E-state index >= 15 is 0 Å². The zero-order valence-corrected chi connectivity index (χ0v) is 23.9. The third-order valence-corrected chi connectivity index (χ3v) is 7.25. The highest BCUT2D eigenvalue weighted by Gasteiger charge is 2.39. The molecule has 0 unspecified atom stereocenters. The average molecular weight is 547 g/mol. The van der Waals surface area contributed by atoms with E-state index in [2.05, 4.69) is 40.5 Å². The summed E-state index contributed by atoms with van der Waals surface area (Å²) in [5.74, 6) is -0.666.